The predicted octanol–water partition coefficient (Wildman–Crippen LogP) is 2.24. The largest absolute Gasteiger partial charge is 0.501 e. The molecule has 0 spiro atoms. The Hall–Kier alpha value is -0.240. The van der Waals surface area contributed by atoms with Crippen LogP contribution in [0.25, 0.3) is 0 Å². The van der Waals surface area contributed by atoms with Gasteiger partial charge in [-0.1, -0.05) is 28.1 Å². The molecule has 0 aromatic carbocycles. The molecule has 1 atom stereocenters. The third-order valence-electron chi connectivity index (χ3n) is 1.26. The molecule has 0 heterocycles. The average molecular weight is 189 g/mol. The van der Waals surface area contributed by atoms with E-state index in [1.807, 2.05) is 12.2 Å². The van der Waals surface area contributed by atoms with Gasteiger partial charge < -0.3 is 4.74 Å². The van der Waals surface area contributed by atoms with Gasteiger partial charge >= 0.3 is 0 Å². The molecule has 2 heteroatoms. The first kappa shape index (κ1) is 6.87. The summed E-state index contributed by atoms with van der Waals surface area (Å²) in [5, 5.41) is 0. The summed E-state index contributed by atoms with van der Waals surface area (Å²) in [5.74, 6) is 1.04. The second-order valence-electron chi connectivity index (χ2n) is 1.94. The fourth-order valence-electron chi connectivity index (χ4n) is 0.763. The number of ether oxygens (including phenoxy) is 1. The number of hydrogen-bond donors (Lipinski definition) is 0. The van der Waals surface area contributed by atoms with Crippen molar-refractivity contribution in [2.24, 2.45) is 0 Å². The molecule has 0 aromatic rings. The summed E-state index contributed by atoms with van der Waals surface area (Å²) in [6, 6.07) is 0. The number of rotatable bonds is 1. The van der Waals surface area contributed by atoms with Crippen LogP contribution in [0.15, 0.2) is 24.0 Å². The lowest BCUT2D eigenvalue weighted by Gasteiger charge is -2.10. The normalized spacial score (nSPS) is 25.6. The molecule has 50 valence electrons. The highest BCUT2D eigenvalue weighted by Crippen LogP contribution is 2.18. The van der Waals surface area contributed by atoms with E-state index in [0.717, 1.165) is 12.2 Å². The maximum atomic E-state index is 5.04. The van der Waals surface area contributed by atoms with Crippen LogP contribution >= 0.6 is 15.9 Å². The highest BCUT2D eigenvalue weighted by Gasteiger charge is 2.06. The van der Waals surface area contributed by atoms with Crippen LogP contribution in [-0.2, 0) is 4.74 Å². The molecule has 1 aliphatic rings. The van der Waals surface area contributed by atoms with E-state index in [1.54, 1.807) is 7.11 Å². The van der Waals surface area contributed by atoms with Crippen LogP contribution < -0.4 is 0 Å². The number of allylic oxidation sites excluding steroid dienone is 4. The van der Waals surface area contributed by atoms with Crippen molar-refractivity contribution in [2.45, 2.75) is 11.2 Å². The quantitative estimate of drug-likeness (QED) is 0.574. The molecule has 1 rings (SSSR count). The smallest absolute Gasteiger partial charge is 0.0969 e. The van der Waals surface area contributed by atoms with E-state index >= 15 is 0 Å². The molecule has 1 nitrogen and oxygen atoms in total. The molecule has 0 aromatic heterocycles. The van der Waals surface area contributed by atoms with Crippen LogP contribution in [0.2, 0.25) is 0 Å². The maximum Gasteiger partial charge on any atom is 0.0969 e. The minimum Gasteiger partial charge on any atom is -0.501 e. The Morgan fingerprint density at radius 1 is 1.78 bits per heavy atom. The Morgan fingerprint density at radius 2 is 2.56 bits per heavy atom. The Kier molecular flexibility index (Phi) is 2.34. The first-order valence-electron chi connectivity index (χ1n) is 2.88. The van der Waals surface area contributed by atoms with Crippen LogP contribution in [0, 0.1) is 0 Å². The Bertz CT molecular complexity index is 149. The summed E-state index contributed by atoms with van der Waals surface area (Å²) in [7, 11) is 1.70. The topological polar surface area (TPSA) is 9.23 Å². The van der Waals surface area contributed by atoms with Crippen molar-refractivity contribution in [3.8, 4) is 0 Å². The second-order valence-corrected chi connectivity index (χ2v) is 3.12. The third kappa shape index (κ3) is 1.86. The second kappa shape index (κ2) is 3.06. The van der Waals surface area contributed by atoms with Crippen molar-refractivity contribution >= 4 is 15.9 Å². The lowest BCUT2D eigenvalue weighted by atomic mass is 10.2. The van der Waals surface area contributed by atoms with Crippen molar-refractivity contribution in [2.75, 3.05) is 7.11 Å². The number of methoxy groups -OCH3 is 1. The predicted molar refractivity (Wildman–Crippen MR) is 41.6 cm³/mol. The van der Waals surface area contributed by atoms with Crippen molar-refractivity contribution in [1.82, 2.24) is 0 Å². The zero-order chi connectivity index (χ0) is 6.69. The Morgan fingerprint density at radius 3 is 3.00 bits per heavy atom. The maximum absolute atomic E-state index is 5.04. The summed E-state index contributed by atoms with van der Waals surface area (Å²) < 4.78 is 5.04. The van der Waals surface area contributed by atoms with Gasteiger partial charge in [0.2, 0.25) is 0 Å². The molecule has 0 saturated heterocycles. The lowest BCUT2D eigenvalue weighted by molar-refractivity contribution is 0.278. The van der Waals surface area contributed by atoms with Crippen molar-refractivity contribution in [1.29, 1.82) is 0 Å². The van der Waals surface area contributed by atoms with Gasteiger partial charge in [0, 0.05) is 11.2 Å². The molecule has 0 fully saturated rings. The van der Waals surface area contributed by atoms with Crippen LogP contribution in [0.5, 0.6) is 0 Å². The van der Waals surface area contributed by atoms with Gasteiger partial charge in [-0.2, -0.15) is 0 Å². The molecule has 0 saturated carbocycles. The molecular weight excluding hydrogens is 180 g/mol. The zero-order valence-electron chi connectivity index (χ0n) is 5.30. The van der Waals surface area contributed by atoms with Crippen molar-refractivity contribution in [3.63, 3.8) is 0 Å². The molecule has 0 amide bonds. The van der Waals surface area contributed by atoms with Crippen LogP contribution in [-0.4, -0.2) is 11.9 Å². The summed E-state index contributed by atoms with van der Waals surface area (Å²) in [6.45, 7) is 0. The monoisotopic (exact) mass is 188 g/mol. The fraction of sp³-hybridized carbons (Fsp3) is 0.429. The van der Waals surface area contributed by atoms with Gasteiger partial charge in [0.25, 0.3) is 0 Å². The molecule has 9 heavy (non-hydrogen) atoms. The lowest BCUT2D eigenvalue weighted by Crippen LogP contribution is -2.00. The summed E-state index contributed by atoms with van der Waals surface area (Å²) in [4.78, 5) is 0.456. The van der Waals surface area contributed by atoms with E-state index in [9.17, 15) is 0 Å². The summed E-state index contributed by atoms with van der Waals surface area (Å²) in [6.07, 6.45) is 7.05. The van der Waals surface area contributed by atoms with E-state index in [-0.39, 0.29) is 0 Å². The summed E-state index contributed by atoms with van der Waals surface area (Å²) in [5.41, 5.74) is 0. The van der Waals surface area contributed by atoms with Crippen LogP contribution in [0.3, 0.4) is 0 Å². The van der Waals surface area contributed by atoms with Gasteiger partial charge in [0.15, 0.2) is 0 Å². The van der Waals surface area contributed by atoms with E-state index in [0.29, 0.717) is 4.83 Å². The van der Waals surface area contributed by atoms with Gasteiger partial charge in [-0.15, -0.1) is 0 Å². The summed E-state index contributed by atoms with van der Waals surface area (Å²) >= 11 is 3.46. The van der Waals surface area contributed by atoms with E-state index in [4.69, 9.17) is 4.74 Å². The molecule has 0 bridgehead atoms. The highest BCUT2D eigenvalue weighted by atomic mass is 79.9. The molecule has 0 N–H and O–H groups in total. The van der Waals surface area contributed by atoms with Crippen LogP contribution in [0.1, 0.15) is 6.42 Å². The average Bonchev–Trinajstić information content (AvgIpc) is 1.88. The van der Waals surface area contributed by atoms with Crippen LogP contribution in [0.4, 0.5) is 0 Å². The van der Waals surface area contributed by atoms with Gasteiger partial charge in [-0.3, -0.25) is 0 Å². The number of hydrogen-bond acceptors (Lipinski definition) is 1. The van der Waals surface area contributed by atoms with E-state index in [2.05, 4.69) is 22.0 Å². The van der Waals surface area contributed by atoms with Crippen molar-refractivity contribution < 1.29 is 4.74 Å². The number of halogens is 1. The standard InChI is InChI=1S/C7H9BrO/c1-9-7-4-2-3-6(8)5-7/h2-4,6H,5H2,1H3. The van der Waals surface area contributed by atoms with Gasteiger partial charge in [0.05, 0.1) is 12.9 Å². The SMILES string of the molecule is COC1=CC=CC(Br)C1. The van der Waals surface area contributed by atoms with Gasteiger partial charge in [0.1, 0.15) is 0 Å². The zero-order valence-corrected chi connectivity index (χ0v) is 6.89. The molecule has 1 aliphatic carbocycles. The first-order chi connectivity index (χ1) is 4.33. The fourth-order valence-corrected chi connectivity index (χ4v) is 1.26. The highest BCUT2D eigenvalue weighted by molar-refractivity contribution is 9.09. The Labute approximate surface area is 63.5 Å². The molecule has 0 radical (unpaired) electrons. The van der Waals surface area contributed by atoms with E-state index in [1.165, 1.54) is 0 Å². The molecule has 0 aliphatic heterocycles. The van der Waals surface area contributed by atoms with Gasteiger partial charge in [-0.05, 0) is 6.08 Å². The minimum atomic E-state index is 0.456. The molecule has 1 unspecified atom stereocenters. The number of alkyl halides is 1. The minimum absolute atomic E-state index is 0.456. The Balaban J connectivity index is 2.55. The first-order valence-corrected chi connectivity index (χ1v) is 3.80. The third-order valence-corrected chi connectivity index (χ3v) is 1.89. The van der Waals surface area contributed by atoms with E-state index < -0.39 is 0 Å². The molecular formula is C7H9BrO. The van der Waals surface area contributed by atoms with Gasteiger partial charge in [-0.25, -0.2) is 0 Å². The van der Waals surface area contributed by atoms with Crippen molar-refractivity contribution in [3.05, 3.63) is 24.0 Å².